The first-order valence-electron chi connectivity index (χ1n) is 8.40. The van der Waals surface area contributed by atoms with Gasteiger partial charge in [0.2, 0.25) is 5.91 Å². The quantitative estimate of drug-likeness (QED) is 0.843. The van der Waals surface area contributed by atoms with E-state index in [9.17, 15) is 4.79 Å². The van der Waals surface area contributed by atoms with Crippen LogP contribution in [0.5, 0.6) is 5.75 Å². The Morgan fingerprint density at radius 3 is 2.95 bits per heavy atom. The van der Waals surface area contributed by atoms with Crippen molar-refractivity contribution >= 4 is 11.6 Å². The molecule has 0 spiro atoms. The molecule has 0 aliphatic carbocycles. The third-order valence-corrected chi connectivity index (χ3v) is 5.37. The van der Waals surface area contributed by atoms with Gasteiger partial charge < -0.3 is 14.4 Å². The first kappa shape index (κ1) is 14.1. The van der Waals surface area contributed by atoms with E-state index in [1.165, 1.54) is 5.56 Å². The maximum absolute atomic E-state index is 13.1. The molecule has 3 atom stereocenters. The van der Waals surface area contributed by atoms with Gasteiger partial charge >= 0.3 is 0 Å². The van der Waals surface area contributed by atoms with Crippen LogP contribution in [0.3, 0.4) is 0 Å². The molecule has 0 radical (unpaired) electrons. The second-order valence-corrected chi connectivity index (χ2v) is 6.62. The summed E-state index contributed by atoms with van der Waals surface area (Å²) in [6.45, 7) is 0.812. The fourth-order valence-electron chi connectivity index (χ4n) is 4.27. The Hall–Kier alpha value is -1.55. The van der Waals surface area contributed by atoms with Crippen LogP contribution < -0.4 is 9.64 Å². The molecule has 1 aromatic rings. The van der Waals surface area contributed by atoms with E-state index in [0.717, 1.165) is 56.5 Å². The zero-order valence-corrected chi connectivity index (χ0v) is 13.1. The minimum Gasteiger partial charge on any atom is -0.496 e. The van der Waals surface area contributed by atoms with E-state index in [1.54, 1.807) is 7.11 Å². The molecular formula is C18H23NO3. The van der Waals surface area contributed by atoms with E-state index in [2.05, 4.69) is 6.07 Å². The maximum atomic E-state index is 13.1. The van der Waals surface area contributed by atoms with E-state index >= 15 is 0 Å². The van der Waals surface area contributed by atoms with E-state index in [0.29, 0.717) is 6.10 Å². The van der Waals surface area contributed by atoms with Crippen LogP contribution >= 0.6 is 0 Å². The van der Waals surface area contributed by atoms with Gasteiger partial charge in [0.15, 0.2) is 0 Å². The third kappa shape index (κ3) is 2.21. The van der Waals surface area contributed by atoms with Crippen LogP contribution in [0, 0.1) is 5.92 Å². The number of nitrogens with zero attached hydrogens (tertiary/aromatic N) is 1. The van der Waals surface area contributed by atoms with Crippen LogP contribution in [0.1, 0.15) is 37.7 Å². The standard InChI is InChI=1S/C18H23NO3/c1-21-16-7-4-6-15-13(16)5-2-3-10-19(15)18(20)14-11-12-8-9-17(14)22-12/h4,6-7,12,14,17H,2-3,5,8-11H2,1H3/t12-,14+,17-/m1/s1. The van der Waals surface area contributed by atoms with Crippen molar-refractivity contribution in [2.24, 2.45) is 5.92 Å². The van der Waals surface area contributed by atoms with Crippen LogP contribution in [-0.2, 0) is 16.0 Å². The van der Waals surface area contributed by atoms with Gasteiger partial charge in [-0.2, -0.15) is 0 Å². The lowest BCUT2D eigenvalue weighted by Gasteiger charge is -2.28. The molecule has 118 valence electrons. The molecular weight excluding hydrogens is 278 g/mol. The molecule has 0 saturated carbocycles. The van der Waals surface area contributed by atoms with Crippen LogP contribution in [0.25, 0.3) is 0 Å². The summed E-state index contributed by atoms with van der Waals surface area (Å²) in [6, 6.07) is 6.04. The smallest absolute Gasteiger partial charge is 0.232 e. The normalized spacial score (nSPS) is 30.0. The summed E-state index contributed by atoms with van der Waals surface area (Å²) in [7, 11) is 1.70. The zero-order valence-electron chi connectivity index (χ0n) is 13.1. The lowest BCUT2D eigenvalue weighted by atomic mass is 9.88. The summed E-state index contributed by atoms with van der Waals surface area (Å²) in [5.41, 5.74) is 2.23. The van der Waals surface area contributed by atoms with Crippen molar-refractivity contribution in [1.29, 1.82) is 0 Å². The number of fused-ring (bicyclic) bond motifs is 3. The molecule has 22 heavy (non-hydrogen) atoms. The fraction of sp³-hybridized carbons (Fsp3) is 0.611. The number of amides is 1. The molecule has 3 aliphatic rings. The summed E-state index contributed by atoms with van der Waals surface area (Å²) < 4.78 is 11.4. The van der Waals surface area contributed by atoms with Crippen molar-refractivity contribution in [3.63, 3.8) is 0 Å². The van der Waals surface area contributed by atoms with Gasteiger partial charge in [0, 0.05) is 12.1 Å². The number of anilines is 1. The van der Waals surface area contributed by atoms with Gasteiger partial charge in [0.05, 0.1) is 30.9 Å². The molecule has 0 N–H and O–H groups in total. The number of benzene rings is 1. The van der Waals surface area contributed by atoms with Crippen molar-refractivity contribution < 1.29 is 14.3 Å². The van der Waals surface area contributed by atoms with E-state index in [4.69, 9.17) is 9.47 Å². The van der Waals surface area contributed by atoms with Gasteiger partial charge in [-0.1, -0.05) is 6.07 Å². The number of methoxy groups -OCH3 is 1. The highest BCUT2D eigenvalue weighted by Crippen LogP contribution is 2.41. The molecule has 4 heteroatoms. The molecule has 4 rings (SSSR count). The lowest BCUT2D eigenvalue weighted by molar-refractivity contribution is -0.123. The summed E-state index contributed by atoms with van der Waals surface area (Å²) in [4.78, 5) is 15.1. The Kier molecular flexibility index (Phi) is 3.57. The molecule has 2 bridgehead atoms. The molecule has 2 saturated heterocycles. The molecule has 1 amide bonds. The minimum atomic E-state index is 0.0518. The maximum Gasteiger partial charge on any atom is 0.232 e. The average molecular weight is 301 g/mol. The predicted molar refractivity (Wildman–Crippen MR) is 84.3 cm³/mol. The van der Waals surface area contributed by atoms with E-state index in [1.807, 2.05) is 17.0 Å². The minimum absolute atomic E-state index is 0.0518. The van der Waals surface area contributed by atoms with Crippen molar-refractivity contribution in [2.45, 2.75) is 50.7 Å². The Morgan fingerprint density at radius 2 is 2.23 bits per heavy atom. The highest BCUT2D eigenvalue weighted by atomic mass is 16.5. The number of carbonyl (C=O) groups is 1. The monoisotopic (exact) mass is 301 g/mol. The molecule has 1 aromatic carbocycles. The lowest BCUT2D eigenvalue weighted by Crippen LogP contribution is -2.40. The molecule has 2 fully saturated rings. The van der Waals surface area contributed by atoms with Gasteiger partial charge in [-0.05, 0) is 50.7 Å². The average Bonchev–Trinajstić information content (AvgIpc) is 3.11. The second kappa shape index (κ2) is 5.58. The topological polar surface area (TPSA) is 38.8 Å². The highest BCUT2D eigenvalue weighted by molar-refractivity contribution is 5.97. The molecule has 4 nitrogen and oxygen atoms in total. The zero-order chi connectivity index (χ0) is 15.1. The highest BCUT2D eigenvalue weighted by Gasteiger charge is 2.46. The molecule has 0 unspecified atom stereocenters. The first-order chi connectivity index (χ1) is 10.8. The van der Waals surface area contributed by atoms with Crippen LogP contribution in [-0.4, -0.2) is 31.8 Å². The van der Waals surface area contributed by atoms with Crippen LogP contribution in [0.15, 0.2) is 18.2 Å². The Labute approximate surface area is 131 Å². The predicted octanol–water partition coefficient (Wildman–Crippen LogP) is 2.93. The summed E-state index contributed by atoms with van der Waals surface area (Å²) in [6.07, 6.45) is 6.66. The number of carbonyl (C=O) groups excluding carboxylic acids is 1. The third-order valence-electron chi connectivity index (χ3n) is 5.37. The fourth-order valence-corrected chi connectivity index (χ4v) is 4.27. The molecule has 3 aliphatic heterocycles. The SMILES string of the molecule is COc1cccc2c1CCCCN2C(=O)[C@H]1C[C@H]2CC[C@H]1O2. The Morgan fingerprint density at radius 1 is 1.32 bits per heavy atom. The number of hydrogen-bond acceptors (Lipinski definition) is 3. The number of hydrogen-bond donors (Lipinski definition) is 0. The molecule has 3 heterocycles. The summed E-state index contributed by atoms with van der Waals surface area (Å²) in [5.74, 6) is 1.21. The van der Waals surface area contributed by atoms with Crippen LogP contribution in [0.2, 0.25) is 0 Å². The van der Waals surface area contributed by atoms with Crippen molar-refractivity contribution in [3.8, 4) is 5.75 Å². The van der Waals surface area contributed by atoms with Gasteiger partial charge in [0.1, 0.15) is 5.75 Å². The largest absolute Gasteiger partial charge is 0.496 e. The van der Waals surface area contributed by atoms with Crippen LogP contribution in [0.4, 0.5) is 5.69 Å². The summed E-state index contributed by atoms with van der Waals surface area (Å²) in [5, 5.41) is 0. The van der Waals surface area contributed by atoms with E-state index < -0.39 is 0 Å². The number of rotatable bonds is 2. The second-order valence-electron chi connectivity index (χ2n) is 6.62. The number of ether oxygens (including phenoxy) is 2. The Balaban J connectivity index is 1.66. The van der Waals surface area contributed by atoms with Gasteiger partial charge in [0.25, 0.3) is 0 Å². The molecule has 0 aromatic heterocycles. The van der Waals surface area contributed by atoms with E-state index in [-0.39, 0.29) is 17.9 Å². The van der Waals surface area contributed by atoms with Crippen molar-refractivity contribution in [1.82, 2.24) is 0 Å². The summed E-state index contributed by atoms with van der Waals surface area (Å²) >= 11 is 0. The van der Waals surface area contributed by atoms with Crippen molar-refractivity contribution in [2.75, 3.05) is 18.6 Å². The van der Waals surface area contributed by atoms with Crippen molar-refractivity contribution in [3.05, 3.63) is 23.8 Å². The first-order valence-corrected chi connectivity index (χ1v) is 8.40. The van der Waals surface area contributed by atoms with Gasteiger partial charge in [-0.15, -0.1) is 0 Å². The van der Waals surface area contributed by atoms with Gasteiger partial charge in [-0.3, -0.25) is 4.79 Å². The Bertz CT molecular complexity index is 586. The van der Waals surface area contributed by atoms with Gasteiger partial charge in [-0.25, -0.2) is 0 Å².